The van der Waals surface area contributed by atoms with Gasteiger partial charge in [-0.05, 0) is 22.6 Å². The first-order valence-electron chi connectivity index (χ1n) is 3.03. The Bertz CT molecular complexity index is 498. The molecule has 0 saturated carbocycles. The van der Waals surface area contributed by atoms with Crippen molar-refractivity contribution in [2.75, 3.05) is 0 Å². The van der Waals surface area contributed by atoms with Crippen LogP contribution in [0.15, 0.2) is 22.0 Å². The topological polar surface area (TPSA) is 43.0 Å². The van der Waals surface area contributed by atoms with Crippen LogP contribution in [0.5, 0.6) is 0 Å². The molecule has 12 heavy (non-hydrogen) atoms. The van der Waals surface area contributed by atoms with Gasteiger partial charge < -0.3 is 0 Å². The largest absolute Gasteiger partial charge is 0.293 e. The zero-order valence-corrected chi connectivity index (χ0v) is 8.53. The minimum absolute atomic E-state index is 0.0588. The number of hydrogen-bond acceptors (Lipinski definition) is 2. The van der Waals surface area contributed by atoms with Crippen LogP contribution in [0.3, 0.4) is 0 Å². The van der Waals surface area contributed by atoms with Gasteiger partial charge in [0.25, 0.3) is 11.1 Å². The van der Waals surface area contributed by atoms with E-state index in [4.69, 9.17) is 11.6 Å². The Labute approximate surface area is 84.8 Å². The molecule has 6 heteroatoms. The monoisotopic (exact) mass is 296 g/mol. The summed E-state index contributed by atoms with van der Waals surface area (Å²) in [5.41, 5.74) is -0.794. The van der Waals surface area contributed by atoms with Crippen LogP contribution in [-0.4, -0.2) is 9.03 Å². The molecule has 0 fully saturated rings. The SMILES string of the molecule is O=c1c(Cl)cn2cc(I)c(=O)n12. The summed E-state index contributed by atoms with van der Waals surface area (Å²) in [5.74, 6) is 0. The molecule has 0 unspecified atom stereocenters. The zero-order chi connectivity index (χ0) is 8.88. The van der Waals surface area contributed by atoms with Crippen molar-refractivity contribution in [3.63, 3.8) is 0 Å². The molecular weight excluding hydrogens is 294 g/mol. The van der Waals surface area contributed by atoms with Crippen molar-refractivity contribution in [2.45, 2.75) is 0 Å². The maximum Gasteiger partial charge on any atom is 0.293 e. The van der Waals surface area contributed by atoms with Gasteiger partial charge in [0.1, 0.15) is 5.02 Å². The van der Waals surface area contributed by atoms with Crippen LogP contribution >= 0.6 is 34.2 Å². The van der Waals surface area contributed by atoms with E-state index in [0.29, 0.717) is 3.57 Å². The molecule has 0 saturated heterocycles. The number of fused-ring (bicyclic) bond motifs is 1. The zero-order valence-electron chi connectivity index (χ0n) is 5.62. The summed E-state index contributed by atoms with van der Waals surface area (Å²) >= 11 is 7.39. The second-order valence-corrected chi connectivity index (χ2v) is 3.83. The molecule has 0 aliphatic rings. The van der Waals surface area contributed by atoms with Crippen LogP contribution in [-0.2, 0) is 0 Å². The fourth-order valence-corrected chi connectivity index (χ4v) is 1.69. The molecule has 62 valence electrons. The molecule has 4 nitrogen and oxygen atoms in total. The van der Waals surface area contributed by atoms with Crippen LogP contribution in [0.2, 0.25) is 5.02 Å². The molecule has 2 rings (SSSR count). The van der Waals surface area contributed by atoms with E-state index >= 15 is 0 Å². The number of rotatable bonds is 0. The normalized spacial score (nSPS) is 11.2. The van der Waals surface area contributed by atoms with Gasteiger partial charge in [0.2, 0.25) is 0 Å². The van der Waals surface area contributed by atoms with E-state index in [9.17, 15) is 9.59 Å². The van der Waals surface area contributed by atoms with Crippen molar-refractivity contribution in [1.29, 1.82) is 0 Å². The van der Waals surface area contributed by atoms with Crippen molar-refractivity contribution < 1.29 is 0 Å². The number of aromatic nitrogens is 2. The summed E-state index contributed by atoms with van der Waals surface area (Å²) in [7, 11) is 0. The van der Waals surface area contributed by atoms with Gasteiger partial charge in [0, 0.05) is 6.20 Å². The van der Waals surface area contributed by atoms with E-state index in [1.807, 2.05) is 22.6 Å². The number of nitrogens with zero attached hydrogens (tertiary/aromatic N) is 2. The summed E-state index contributed by atoms with van der Waals surface area (Å²) < 4.78 is 2.88. The third-order valence-electron chi connectivity index (χ3n) is 1.52. The quantitative estimate of drug-likeness (QED) is 0.663. The lowest BCUT2D eigenvalue weighted by Gasteiger charge is -1.78. The van der Waals surface area contributed by atoms with Crippen LogP contribution < -0.4 is 11.1 Å². The molecule has 2 aromatic heterocycles. The van der Waals surface area contributed by atoms with Crippen molar-refractivity contribution >= 4 is 34.2 Å². The average molecular weight is 296 g/mol. The minimum atomic E-state index is -0.468. The molecular formula is C6H2ClIN2O2. The number of hydrogen-bond donors (Lipinski definition) is 0. The molecule has 0 spiro atoms. The van der Waals surface area contributed by atoms with E-state index in [-0.39, 0.29) is 10.6 Å². The van der Waals surface area contributed by atoms with Crippen LogP contribution in [0, 0.1) is 3.57 Å². The van der Waals surface area contributed by atoms with Crippen molar-refractivity contribution in [3.05, 3.63) is 41.7 Å². The Morgan fingerprint density at radius 1 is 1.25 bits per heavy atom. The van der Waals surface area contributed by atoms with Gasteiger partial charge in [-0.3, -0.25) is 14.1 Å². The highest BCUT2D eigenvalue weighted by molar-refractivity contribution is 14.1. The smallest absolute Gasteiger partial charge is 0.266 e. The molecule has 0 amide bonds. The molecule has 0 N–H and O–H groups in total. The Kier molecular flexibility index (Phi) is 1.65. The lowest BCUT2D eigenvalue weighted by Crippen LogP contribution is -2.22. The standard InChI is InChI=1S/C6H2ClIN2O2/c7-3-1-9-2-4(8)6(12)10(9)5(3)11/h1-2H. The summed E-state index contributed by atoms with van der Waals surface area (Å²) in [6.07, 6.45) is 2.96. The van der Waals surface area contributed by atoms with Crippen LogP contribution in [0.1, 0.15) is 0 Å². The third kappa shape index (κ3) is 0.893. The van der Waals surface area contributed by atoms with Crippen LogP contribution in [0.4, 0.5) is 0 Å². The van der Waals surface area contributed by atoms with E-state index < -0.39 is 5.56 Å². The van der Waals surface area contributed by atoms with E-state index in [0.717, 1.165) is 4.52 Å². The second kappa shape index (κ2) is 2.46. The Morgan fingerprint density at radius 2 is 1.92 bits per heavy atom. The highest BCUT2D eigenvalue weighted by atomic mass is 127. The minimum Gasteiger partial charge on any atom is -0.266 e. The fourth-order valence-electron chi connectivity index (χ4n) is 1.000. The summed E-state index contributed by atoms with van der Waals surface area (Å²) in [5, 5.41) is 0.0588. The predicted octanol–water partition coefficient (Wildman–Crippen LogP) is 0.455. The van der Waals surface area contributed by atoms with Gasteiger partial charge in [-0.2, -0.15) is 4.52 Å². The first-order chi connectivity index (χ1) is 5.61. The molecule has 0 radical (unpaired) electrons. The molecule has 0 aliphatic heterocycles. The van der Waals surface area contributed by atoms with Gasteiger partial charge in [-0.15, -0.1) is 0 Å². The lowest BCUT2D eigenvalue weighted by atomic mass is 10.6. The molecule has 2 heterocycles. The number of halogens is 2. The lowest BCUT2D eigenvalue weighted by molar-refractivity contribution is 0.805. The average Bonchev–Trinajstić information content (AvgIpc) is 2.40. The fraction of sp³-hybridized carbons (Fsp3) is 0. The predicted molar refractivity (Wildman–Crippen MR) is 52.3 cm³/mol. The van der Waals surface area contributed by atoms with Crippen molar-refractivity contribution in [2.24, 2.45) is 0 Å². The van der Waals surface area contributed by atoms with Gasteiger partial charge in [-0.25, -0.2) is 0 Å². The maximum absolute atomic E-state index is 11.2. The second-order valence-electron chi connectivity index (χ2n) is 2.26. The molecule has 0 aliphatic carbocycles. The highest BCUT2D eigenvalue weighted by Gasteiger charge is 2.10. The van der Waals surface area contributed by atoms with Gasteiger partial charge in [0.15, 0.2) is 0 Å². The maximum atomic E-state index is 11.2. The first kappa shape index (κ1) is 8.06. The van der Waals surface area contributed by atoms with Gasteiger partial charge in [-0.1, -0.05) is 11.6 Å². The summed E-state index contributed by atoms with van der Waals surface area (Å²) in [6.45, 7) is 0. The molecule has 0 aromatic carbocycles. The molecule has 0 atom stereocenters. The van der Waals surface area contributed by atoms with Gasteiger partial charge >= 0.3 is 0 Å². The van der Waals surface area contributed by atoms with Crippen molar-refractivity contribution in [1.82, 2.24) is 9.03 Å². The Balaban J connectivity index is 3.16. The van der Waals surface area contributed by atoms with E-state index in [1.165, 1.54) is 10.7 Å². The molecule has 2 aromatic rings. The Hall–Kier alpha value is -0.560. The summed E-state index contributed by atoms with van der Waals surface area (Å²) in [6, 6.07) is 0. The van der Waals surface area contributed by atoms with Gasteiger partial charge in [0.05, 0.1) is 9.77 Å². The van der Waals surface area contributed by atoms with E-state index in [2.05, 4.69) is 0 Å². The highest BCUT2D eigenvalue weighted by Crippen LogP contribution is 2.02. The summed E-state index contributed by atoms with van der Waals surface area (Å²) in [4.78, 5) is 22.4. The molecule has 0 bridgehead atoms. The first-order valence-corrected chi connectivity index (χ1v) is 4.48. The Morgan fingerprint density at radius 3 is 2.50 bits per heavy atom. The van der Waals surface area contributed by atoms with Crippen molar-refractivity contribution in [3.8, 4) is 0 Å². The van der Waals surface area contributed by atoms with E-state index in [1.54, 1.807) is 6.20 Å². The van der Waals surface area contributed by atoms with Crippen LogP contribution in [0.25, 0.3) is 0 Å². The third-order valence-corrected chi connectivity index (χ3v) is 2.51.